The lowest BCUT2D eigenvalue weighted by atomic mass is 10.2. The van der Waals surface area contributed by atoms with Crippen molar-refractivity contribution in [3.63, 3.8) is 0 Å². The van der Waals surface area contributed by atoms with Gasteiger partial charge in [-0.2, -0.15) is 0 Å². The SMILES string of the molecule is CCNC(=O)C(NC(=O)Nc1cccc(C)c1)P(=O)(OCC)OCC. The number of urea groups is 1. The molecule has 9 heteroatoms. The molecule has 0 fully saturated rings. The number of carbonyl (C=O) groups excluding carboxylic acids is 2. The van der Waals surface area contributed by atoms with Crippen molar-refractivity contribution >= 4 is 25.2 Å². The number of hydrogen-bond donors (Lipinski definition) is 3. The average molecular weight is 371 g/mol. The molecule has 1 unspecified atom stereocenters. The van der Waals surface area contributed by atoms with Crippen LogP contribution >= 0.6 is 7.60 Å². The highest BCUT2D eigenvalue weighted by Gasteiger charge is 2.42. The minimum atomic E-state index is -3.87. The molecule has 0 aromatic heterocycles. The van der Waals surface area contributed by atoms with Crippen LogP contribution in [-0.2, 0) is 18.4 Å². The van der Waals surface area contributed by atoms with Crippen LogP contribution in [-0.4, -0.2) is 37.5 Å². The first-order chi connectivity index (χ1) is 11.9. The first-order valence-electron chi connectivity index (χ1n) is 8.17. The van der Waals surface area contributed by atoms with Gasteiger partial charge in [0.25, 0.3) is 5.91 Å². The molecule has 0 bridgehead atoms. The largest absolute Gasteiger partial charge is 0.362 e. The quantitative estimate of drug-likeness (QED) is 0.579. The molecule has 0 aliphatic carbocycles. The zero-order chi connectivity index (χ0) is 18.9. The Bertz CT molecular complexity index is 628. The number of carbonyl (C=O) groups is 2. The summed E-state index contributed by atoms with van der Waals surface area (Å²) in [6.45, 7) is 7.34. The van der Waals surface area contributed by atoms with Crippen molar-refractivity contribution in [1.29, 1.82) is 0 Å². The topological polar surface area (TPSA) is 106 Å². The van der Waals surface area contributed by atoms with Gasteiger partial charge in [-0.1, -0.05) is 12.1 Å². The molecular weight excluding hydrogens is 345 g/mol. The molecule has 0 spiro atoms. The Morgan fingerprint density at radius 1 is 1.16 bits per heavy atom. The summed E-state index contributed by atoms with van der Waals surface area (Å²) in [5.41, 5.74) is 1.52. The zero-order valence-corrected chi connectivity index (χ0v) is 15.9. The summed E-state index contributed by atoms with van der Waals surface area (Å²) in [7, 11) is -3.87. The highest BCUT2D eigenvalue weighted by molar-refractivity contribution is 7.55. The number of hydrogen-bond acceptors (Lipinski definition) is 5. The molecular formula is C16H26N3O5P. The van der Waals surface area contributed by atoms with Crippen LogP contribution in [0.25, 0.3) is 0 Å². The van der Waals surface area contributed by atoms with E-state index in [1.54, 1.807) is 39.0 Å². The lowest BCUT2D eigenvalue weighted by Gasteiger charge is -2.26. The van der Waals surface area contributed by atoms with E-state index >= 15 is 0 Å². The lowest BCUT2D eigenvalue weighted by Crippen LogP contribution is -2.48. The Hall–Kier alpha value is -1.89. The van der Waals surface area contributed by atoms with E-state index in [1.807, 2.05) is 13.0 Å². The van der Waals surface area contributed by atoms with Crippen LogP contribution in [0.1, 0.15) is 26.3 Å². The number of nitrogens with one attached hydrogen (secondary N) is 3. The standard InChI is InChI=1S/C16H26N3O5P/c1-5-17-14(20)15(25(22,23-6-2)24-7-3)19-16(21)18-13-10-8-9-12(4)11-13/h8-11,15H,5-7H2,1-4H3,(H,17,20)(H2,18,19,21). The third-order valence-electron chi connectivity index (χ3n) is 3.08. The van der Waals surface area contributed by atoms with E-state index in [0.29, 0.717) is 12.2 Å². The van der Waals surface area contributed by atoms with Crippen molar-refractivity contribution < 1.29 is 23.2 Å². The van der Waals surface area contributed by atoms with Gasteiger partial charge in [-0.05, 0) is 45.4 Å². The molecule has 0 radical (unpaired) electrons. The van der Waals surface area contributed by atoms with Gasteiger partial charge >= 0.3 is 13.6 Å². The van der Waals surface area contributed by atoms with Crippen molar-refractivity contribution in [2.75, 3.05) is 25.1 Å². The van der Waals surface area contributed by atoms with Crippen molar-refractivity contribution in [3.8, 4) is 0 Å². The van der Waals surface area contributed by atoms with Crippen LogP contribution < -0.4 is 16.0 Å². The molecule has 25 heavy (non-hydrogen) atoms. The Morgan fingerprint density at radius 3 is 2.32 bits per heavy atom. The molecule has 0 heterocycles. The van der Waals surface area contributed by atoms with E-state index in [1.165, 1.54) is 0 Å². The fourth-order valence-electron chi connectivity index (χ4n) is 2.12. The van der Waals surface area contributed by atoms with Gasteiger partial charge in [0.2, 0.25) is 5.78 Å². The maximum Gasteiger partial charge on any atom is 0.362 e. The first kappa shape index (κ1) is 21.2. The van der Waals surface area contributed by atoms with Gasteiger partial charge in [0.15, 0.2) is 0 Å². The fraction of sp³-hybridized carbons (Fsp3) is 0.500. The summed E-state index contributed by atoms with van der Waals surface area (Å²) in [5.74, 6) is -2.08. The molecule has 1 aromatic rings. The molecule has 0 aliphatic rings. The maximum atomic E-state index is 12.9. The number of anilines is 1. The second kappa shape index (κ2) is 10.2. The van der Waals surface area contributed by atoms with Crippen molar-refractivity contribution in [2.45, 2.75) is 33.5 Å². The summed E-state index contributed by atoms with van der Waals surface area (Å²) in [4.78, 5) is 24.6. The summed E-state index contributed by atoms with van der Waals surface area (Å²) in [6, 6.07) is 6.47. The predicted octanol–water partition coefficient (Wildman–Crippen LogP) is 2.84. The minimum Gasteiger partial charge on any atom is -0.354 e. The molecule has 1 rings (SSSR count). The highest BCUT2D eigenvalue weighted by atomic mass is 31.2. The van der Waals surface area contributed by atoms with Gasteiger partial charge in [0, 0.05) is 12.2 Å². The van der Waals surface area contributed by atoms with Crippen LogP contribution in [0, 0.1) is 6.92 Å². The van der Waals surface area contributed by atoms with Crippen LogP contribution in [0.15, 0.2) is 24.3 Å². The molecule has 0 saturated heterocycles. The van der Waals surface area contributed by atoms with Crippen LogP contribution in [0.3, 0.4) is 0 Å². The van der Waals surface area contributed by atoms with Gasteiger partial charge in [-0.25, -0.2) is 4.79 Å². The Morgan fingerprint density at radius 2 is 1.80 bits per heavy atom. The van der Waals surface area contributed by atoms with Crippen molar-refractivity contribution in [3.05, 3.63) is 29.8 Å². The lowest BCUT2D eigenvalue weighted by molar-refractivity contribution is -0.121. The number of aryl methyl sites for hydroxylation is 1. The van der Waals surface area contributed by atoms with Gasteiger partial charge in [-0.3, -0.25) is 9.36 Å². The Labute approximate surface area is 148 Å². The summed E-state index contributed by atoms with van der Waals surface area (Å²) in [6.07, 6.45) is 0. The smallest absolute Gasteiger partial charge is 0.354 e. The van der Waals surface area contributed by atoms with Crippen LogP contribution in [0.5, 0.6) is 0 Å². The van der Waals surface area contributed by atoms with E-state index in [9.17, 15) is 14.2 Å². The molecule has 3 N–H and O–H groups in total. The van der Waals surface area contributed by atoms with Crippen LogP contribution in [0.2, 0.25) is 0 Å². The molecule has 0 saturated carbocycles. The molecule has 1 aromatic carbocycles. The Kier molecular flexibility index (Phi) is 8.61. The summed E-state index contributed by atoms with van der Waals surface area (Å²) >= 11 is 0. The zero-order valence-electron chi connectivity index (χ0n) is 15.0. The summed E-state index contributed by atoms with van der Waals surface area (Å²) < 4.78 is 23.3. The monoisotopic (exact) mass is 371 g/mol. The van der Waals surface area contributed by atoms with E-state index in [4.69, 9.17) is 9.05 Å². The van der Waals surface area contributed by atoms with Gasteiger partial charge < -0.3 is 25.0 Å². The molecule has 0 aliphatic heterocycles. The van der Waals surface area contributed by atoms with E-state index < -0.39 is 25.3 Å². The fourth-order valence-corrected chi connectivity index (χ4v) is 3.87. The molecule has 3 amide bonds. The second-order valence-corrected chi connectivity index (χ2v) is 7.25. The van der Waals surface area contributed by atoms with Crippen LogP contribution in [0.4, 0.5) is 10.5 Å². The van der Waals surface area contributed by atoms with Crippen molar-refractivity contribution in [1.82, 2.24) is 10.6 Å². The van der Waals surface area contributed by atoms with Gasteiger partial charge in [0.1, 0.15) is 0 Å². The highest BCUT2D eigenvalue weighted by Crippen LogP contribution is 2.52. The third-order valence-corrected chi connectivity index (χ3v) is 5.31. The molecule has 8 nitrogen and oxygen atoms in total. The molecule has 140 valence electrons. The summed E-state index contributed by atoms with van der Waals surface area (Å²) in [5, 5.41) is 7.54. The predicted molar refractivity (Wildman–Crippen MR) is 96.7 cm³/mol. The van der Waals surface area contributed by atoms with E-state index in [0.717, 1.165) is 5.56 Å². The number of rotatable bonds is 9. The molecule has 1 atom stereocenters. The number of benzene rings is 1. The third kappa shape index (κ3) is 6.49. The minimum absolute atomic E-state index is 0.0777. The maximum absolute atomic E-state index is 12.9. The van der Waals surface area contributed by atoms with E-state index in [2.05, 4.69) is 16.0 Å². The number of amides is 3. The van der Waals surface area contributed by atoms with Gasteiger partial charge in [-0.15, -0.1) is 0 Å². The normalized spacial score (nSPS) is 12.3. The second-order valence-electron chi connectivity index (χ2n) is 5.14. The van der Waals surface area contributed by atoms with Crippen molar-refractivity contribution in [2.24, 2.45) is 0 Å². The first-order valence-corrected chi connectivity index (χ1v) is 9.78. The van der Waals surface area contributed by atoms with Gasteiger partial charge in [0.05, 0.1) is 13.2 Å². The average Bonchev–Trinajstić information content (AvgIpc) is 2.53. The van der Waals surface area contributed by atoms with E-state index in [-0.39, 0.29) is 13.2 Å². The number of likely N-dealkylation sites (N-methyl/N-ethyl adjacent to an activating group) is 1. The Balaban J connectivity index is 2.97.